The minimum atomic E-state index is -1.11. The lowest BCUT2D eigenvalue weighted by Crippen LogP contribution is -2.53. The number of amides is 2. The van der Waals surface area contributed by atoms with E-state index in [1.54, 1.807) is 17.0 Å². The van der Waals surface area contributed by atoms with Gasteiger partial charge in [0.1, 0.15) is 23.8 Å². The number of aryl methyl sites for hydroxylation is 2. The van der Waals surface area contributed by atoms with E-state index in [-0.39, 0.29) is 25.0 Å². The number of aromatic nitrogens is 1. The van der Waals surface area contributed by atoms with Gasteiger partial charge in [-0.15, -0.1) is 0 Å². The van der Waals surface area contributed by atoms with Crippen molar-refractivity contribution in [1.82, 2.24) is 9.88 Å². The zero-order chi connectivity index (χ0) is 21.0. The molecule has 0 saturated carbocycles. The maximum absolute atomic E-state index is 12.9. The number of carbonyl (C=O) groups excluding carboxylic acids is 2. The van der Waals surface area contributed by atoms with Crippen molar-refractivity contribution in [3.05, 3.63) is 53.2 Å². The van der Waals surface area contributed by atoms with E-state index >= 15 is 0 Å². The van der Waals surface area contributed by atoms with Crippen LogP contribution in [0.25, 0.3) is 0 Å². The van der Waals surface area contributed by atoms with E-state index in [1.165, 1.54) is 18.7 Å². The van der Waals surface area contributed by atoms with Crippen LogP contribution in [0.2, 0.25) is 0 Å². The van der Waals surface area contributed by atoms with Gasteiger partial charge >= 0.3 is 0 Å². The van der Waals surface area contributed by atoms with Crippen molar-refractivity contribution in [3.8, 4) is 5.75 Å². The summed E-state index contributed by atoms with van der Waals surface area (Å²) in [6.45, 7) is 6.30. The smallest absolute Gasteiger partial charge is 0.254 e. The fourth-order valence-corrected chi connectivity index (χ4v) is 3.42. The van der Waals surface area contributed by atoms with E-state index in [0.29, 0.717) is 36.5 Å². The number of nitrogens with zero attached hydrogens (tertiary/aromatic N) is 2. The van der Waals surface area contributed by atoms with Gasteiger partial charge in [0.05, 0.1) is 6.54 Å². The highest BCUT2D eigenvalue weighted by atomic mass is 16.5. The van der Waals surface area contributed by atoms with Crippen LogP contribution in [0.3, 0.4) is 0 Å². The summed E-state index contributed by atoms with van der Waals surface area (Å²) >= 11 is 0. The average molecular weight is 397 g/mol. The first-order valence-electron chi connectivity index (χ1n) is 9.71. The van der Waals surface area contributed by atoms with Crippen LogP contribution in [0.1, 0.15) is 41.3 Å². The number of nitrogens with one attached hydrogen (secondary N) is 1. The van der Waals surface area contributed by atoms with Gasteiger partial charge in [-0.05, 0) is 62.1 Å². The topological polar surface area (TPSA) is 91.8 Å². The molecule has 3 rings (SSSR count). The first kappa shape index (κ1) is 20.8. The molecule has 1 fully saturated rings. The SMILES string of the molecule is CC(=O)Nc1cc(C(=O)N2CCCC(O)(COc3ccc(C)c(C)c3)C2)ccn1. The molecule has 2 aromatic rings. The Morgan fingerprint density at radius 1 is 1.24 bits per heavy atom. The normalized spacial score (nSPS) is 19.0. The van der Waals surface area contributed by atoms with E-state index in [9.17, 15) is 14.7 Å². The Bertz CT molecular complexity index is 915. The quantitative estimate of drug-likeness (QED) is 0.809. The second-order valence-corrected chi connectivity index (χ2v) is 7.70. The number of likely N-dealkylation sites (tertiary alicyclic amines) is 1. The number of aliphatic hydroxyl groups is 1. The Labute approximate surface area is 170 Å². The molecule has 1 saturated heterocycles. The fraction of sp³-hybridized carbons (Fsp3) is 0.409. The lowest BCUT2D eigenvalue weighted by atomic mass is 9.93. The highest BCUT2D eigenvalue weighted by Crippen LogP contribution is 2.25. The van der Waals surface area contributed by atoms with Crippen LogP contribution < -0.4 is 10.1 Å². The van der Waals surface area contributed by atoms with Crippen LogP contribution in [0.4, 0.5) is 5.82 Å². The van der Waals surface area contributed by atoms with Gasteiger partial charge in [0.2, 0.25) is 5.91 Å². The van der Waals surface area contributed by atoms with Crippen LogP contribution in [-0.2, 0) is 4.79 Å². The summed E-state index contributed by atoms with van der Waals surface area (Å²) in [4.78, 5) is 29.8. The zero-order valence-electron chi connectivity index (χ0n) is 17.1. The van der Waals surface area contributed by atoms with Crippen molar-refractivity contribution < 1.29 is 19.4 Å². The van der Waals surface area contributed by atoms with E-state index in [2.05, 4.69) is 10.3 Å². The summed E-state index contributed by atoms with van der Waals surface area (Å²) in [5.74, 6) is 0.578. The maximum atomic E-state index is 12.9. The van der Waals surface area contributed by atoms with E-state index in [4.69, 9.17) is 4.74 Å². The highest BCUT2D eigenvalue weighted by molar-refractivity contribution is 5.96. The predicted molar refractivity (Wildman–Crippen MR) is 110 cm³/mol. The lowest BCUT2D eigenvalue weighted by Gasteiger charge is -2.39. The minimum absolute atomic E-state index is 0.118. The molecule has 29 heavy (non-hydrogen) atoms. The monoisotopic (exact) mass is 397 g/mol. The first-order valence-corrected chi connectivity index (χ1v) is 9.71. The summed E-state index contributed by atoms with van der Waals surface area (Å²) in [6.07, 6.45) is 2.73. The summed E-state index contributed by atoms with van der Waals surface area (Å²) in [5.41, 5.74) is 1.62. The average Bonchev–Trinajstić information content (AvgIpc) is 2.68. The number of piperidine rings is 1. The van der Waals surface area contributed by atoms with Crippen molar-refractivity contribution in [2.45, 2.75) is 39.2 Å². The molecule has 1 aromatic carbocycles. The molecule has 2 amide bonds. The number of ether oxygens (including phenoxy) is 1. The largest absolute Gasteiger partial charge is 0.491 e. The molecule has 7 nitrogen and oxygen atoms in total. The molecular weight excluding hydrogens is 370 g/mol. The maximum Gasteiger partial charge on any atom is 0.254 e. The van der Waals surface area contributed by atoms with Crippen LogP contribution in [0.5, 0.6) is 5.75 Å². The van der Waals surface area contributed by atoms with Gasteiger partial charge in [0, 0.05) is 25.2 Å². The molecular formula is C22H27N3O4. The lowest BCUT2D eigenvalue weighted by molar-refractivity contribution is -0.114. The Hall–Kier alpha value is -2.93. The van der Waals surface area contributed by atoms with Gasteiger partial charge in [0.25, 0.3) is 5.91 Å². The molecule has 2 heterocycles. The van der Waals surface area contributed by atoms with Crippen molar-refractivity contribution in [2.75, 3.05) is 25.0 Å². The molecule has 1 atom stereocenters. The molecule has 0 bridgehead atoms. The van der Waals surface area contributed by atoms with Crippen LogP contribution >= 0.6 is 0 Å². The molecule has 1 unspecified atom stereocenters. The molecule has 154 valence electrons. The zero-order valence-corrected chi connectivity index (χ0v) is 17.1. The number of hydrogen-bond donors (Lipinski definition) is 2. The van der Waals surface area contributed by atoms with Gasteiger partial charge in [-0.3, -0.25) is 9.59 Å². The number of anilines is 1. The summed E-state index contributed by atoms with van der Waals surface area (Å²) in [7, 11) is 0. The fourth-order valence-electron chi connectivity index (χ4n) is 3.42. The number of β-amino-alcohol motifs (C(OH)–C–C–N with tert-alkyl or cyclic N) is 1. The van der Waals surface area contributed by atoms with Crippen LogP contribution in [0.15, 0.2) is 36.5 Å². The Kier molecular flexibility index (Phi) is 6.17. The summed E-state index contributed by atoms with van der Waals surface area (Å²) in [5, 5.41) is 13.6. The summed E-state index contributed by atoms with van der Waals surface area (Å²) in [6, 6.07) is 8.97. The van der Waals surface area contributed by atoms with Gasteiger partial charge < -0.3 is 20.1 Å². The van der Waals surface area contributed by atoms with E-state index in [0.717, 1.165) is 5.56 Å². The second kappa shape index (κ2) is 8.61. The molecule has 1 aromatic heterocycles. The second-order valence-electron chi connectivity index (χ2n) is 7.70. The number of hydrogen-bond acceptors (Lipinski definition) is 5. The summed E-state index contributed by atoms with van der Waals surface area (Å²) < 4.78 is 5.84. The van der Waals surface area contributed by atoms with Gasteiger partial charge in [-0.25, -0.2) is 4.98 Å². The van der Waals surface area contributed by atoms with Crippen molar-refractivity contribution in [3.63, 3.8) is 0 Å². The predicted octanol–water partition coefficient (Wildman–Crippen LogP) is 2.70. The van der Waals surface area contributed by atoms with Crippen molar-refractivity contribution in [2.24, 2.45) is 0 Å². The molecule has 1 aliphatic heterocycles. The van der Waals surface area contributed by atoms with Crippen molar-refractivity contribution in [1.29, 1.82) is 0 Å². The minimum Gasteiger partial charge on any atom is -0.491 e. The Balaban J connectivity index is 1.66. The Morgan fingerprint density at radius 2 is 2.03 bits per heavy atom. The van der Waals surface area contributed by atoms with Gasteiger partial charge in [0.15, 0.2) is 0 Å². The molecule has 1 aliphatic rings. The number of carbonyl (C=O) groups is 2. The van der Waals surface area contributed by atoms with Crippen LogP contribution in [-0.4, -0.2) is 52.1 Å². The molecule has 2 N–H and O–H groups in total. The third kappa shape index (κ3) is 5.32. The molecule has 0 radical (unpaired) electrons. The molecule has 0 spiro atoms. The standard InChI is InChI=1S/C22H27N3O4/c1-15-5-6-19(11-16(15)2)29-14-22(28)8-4-10-25(13-22)21(27)18-7-9-23-20(12-18)24-17(3)26/h5-7,9,11-12,28H,4,8,10,13-14H2,1-3H3,(H,23,24,26). The first-order chi connectivity index (χ1) is 13.8. The van der Waals surface area contributed by atoms with Gasteiger partial charge in [-0.1, -0.05) is 6.07 Å². The highest BCUT2D eigenvalue weighted by Gasteiger charge is 2.36. The Morgan fingerprint density at radius 3 is 2.76 bits per heavy atom. The van der Waals surface area contributed by atoms with Crippen LogP contribution in [0, 0.1) is 13.8 Å². The number of pyridine rings is 1. The van der Waals surface area contributed by atoms with Gasteiger partial charge in [-0.2, -0.15) is 0 Å². The molecule has 7 heteroatoms. The van der Waals surface area contributed by atoms with E-state index in [1.807, 2.05) is 32.0 Å². The third-order valence-corrected chi connectivity index (χ3v) is 5.14. The third-order valence-electron chi connectivity index (χ3n) is 5.14. The molecule has 0 aliphatic carbocycles. The van der Waals surface area contributed by atoms with Crippen molar-refractivity contribution >= 4 is 17.6 Å². The number of benzene rings is 1. The number of rotatable bonds is 5. The van der Waals surface area contributed by atoms with E-state index < -0.39 is 5.60 Å².